The molecule has 0 bridgehead atoms. The van der Waals surface area contributed by atoms with Gasteiger partial charge >= 0.3 is 5.97 Å². The van der Waals surface area contributed by atoms with Gasteiger partial charge in [-0.25, -0.2) is 14.5 Å². The van der Waals surface area contributed by atoms with Crippen LogP contribution in [0.2, 0.25) is 0 Å². The van der Waals surface area contributed by atoms with Gasteiger partial charge in [-0.3, -0.25) is 4.79 Å². The number of carbonyl (C=O) groups excluding carboxylic acids is 1. The number of carboxylic acids is 1. The molecule has 2 aromatic rings. The van der Waals surface area contributed by atoms with Gasteiger partial charge in [-0.05, 0) is 44.0 Å². The molecule has 1 amide bonds. The molecule has 0 saturated heterocycles. The van der Waals surface area contributed by atoms with E-state index in [2.05, 4.69) is 15.4 Å². The van der Waals surface area contributed by atoms with Crippen LogP contribution in [0.5, 0.6) is 0 Å². The van der Waals surface area contributed by atoms with E-state index in [1.165, 1.54) is 6.33 Å². The van der Waals surface area contributed by atoms with E-state index in [1.54, 1.807) is 55.2 Å². The monoisotopic (exact) mass is 314 g/mol. The molecule has 1 atom stereocenters. The summed E-state index contributed by atoms with van der Waals surface area (Å²) >= 11 is 0. The second-order valence-corrected chi connectivity index (χ2v) is 5.01. The number of nitrogens with zero attached hydrogens (tertiary/aromatic N) is 3. The summed E-state index contributed by atoms with van der Waals surface area (Å²) in [5.74, 6) is -1.47. The molecular formula is C16H18N4O3. The van der Waals surface area contributed by atoms with Crippen molar-refractivity contribution in [2.45, 2.75) is 26.3 Å². The molecule has 23 heavy (non-hydrogen) atoms. The summed E-state index contributed by atoms with van der Waals surface area (Å²) in [6.45, 7) is 3.59. The summed E-state index contributed by atoms with van der Waals surface area (Å²) in [6.07, 6.45) is 6.69. The van der Waals surface area contributed by atoms with Crippen molar-refractivity contribution in [3.05, 3.63) is 54.1 Å². The molecule has 2 N–H and O–H groups in total. The van der Waals surface area contributed by atoms with E-state index < -0.39 is 17.9 Å². The molecule has 0 aliphatic rings. The lowest BCUT2D eigenvalue weighted by molar-refractivity contribution is -0.139. The van der Waals surface area contributed by atoms with E-state index in [1.807, 2.05) is 0 Å². The highest BCUT2D eigenvalue weighted by Crippen LogP contribution is 2.14. The minimum atomic E-state index is -1.06. The Morgan fingerprint density at radius 3 is 2.78 bits per heavy atom. The standard InChI is InChI=1S/C16H18N4O3/c1-3-4-5-14(16(22)23)19-15(21)13-7-6-12(8-11(13)2)20-10-17-9-18-20/h3-4,6-10,14H,5H2,1-2H3,(H,19,21)(H,22,23)/b4-3+. The maximum atomic E-state index is 12.3. The molecule has 0 fully saturated rings. The van der Waals surface area contributed by atoms with Crippen molar-refractivity contribution in [1.29, 1.82) is 0 Å². The second-order valence-electron chi connectivity index (χ2n) is 5.01. The fourth-order valence-electron chi connectivity index (χ4n) is 2.12. The summed E-state index contributed by atoms with van der Waals surface area (Å²) in [6, 6.07) is 4.23. The van der Waals surface area contributed by atoms with Crippen molar-refractivity contribution in [3.63, 3.8) is 0 Å². The lowest BCUT2D eigenvalue weighted by Gasteiger charge is -2.14. The maximum absolute atomic E-state index is 12.3. The Morgan fingerprint density at radius 2 is 2.22 bits per heavy atom. The molecule has 1 heterocycles. The number of hydrogen-bond donors (Lipinski definition) is 2. The molecule has 1 unspecified atom stereocenters. The van der Waals surface area contributed by atoms with Crippen LogP contribution in [-0.4, -0.2) is 37.8 Å². The smallest absolute Gasteiger partial charge is 0.326 e. The summed E-state index contributed by atoms with van der Waals surface area (Å²) in [4.78, 5) is 27.4. The highest BCUT2D eigenvalue weighted by atomic mass is 16.4. The number of amides is 1. The molecule has 0 spiro atoms. The van der Waals surface area contributed by atoms with Crippen molar-refractivity contribution >= 4 is 11.9 Å². The lowest BCUT2D eigenvalue weighted by atomic mass is 10.1. The molecule has 7 nitrogen and oxygen atoms in total. The van der Waals surface area contributed by atoms with Crippen LogP contribution in [0, 0.1) is 6.92 Å². The van der Waals surface area contributed by atoms with Crippen LogP contribution >= 0.6 is 0 Å². The fraction of sp³-hybridized carbons (Fsp3) is 0.250. The van der Waals surface area contributed by atoms with Gasteiger partial charge in [0, 0.05) is 5.56 Å². The minimum Gasteiger partial charge on any atom is -0.480 e. The van der Waals surface area contributed by atoms with Gasteiger partial charge in [0.2, 0.25) is 0 Å². The molecule has 0 aliphatic heterocycles. The molecule has 1 aromatic heterocycles. The number of benzene rings is 1. The normalized spacial score (nSPS) is 12.3. The van der Waals surface area contributed by atoms with Gasteiger partial charge in [0.25, 0.3) is 5.91 Å². The van der Waals surface area contributed by atoms with Gasteiger partial charge < -0.3 is 10.4 Å². The minimum absolute atomic E-state index is 0.244. The van der Waals surface area contributed by atoms with Crippen molar-refractivity contribution in [2.24, 2.45) is 0 Å². The van der Waals surface area contributed by atoms with Crippen LogP contribution in [0.25, 0.3) is 5.69 Å². The Balaban J connectivity index is 2.17. The average molecular weight is 314 g/mol. The summed E-state index contributed by atoms with van der Waals surface area (Å²) in [5.41, 5.74) is 1.94. The lowest BCUT2D eigenvalue weighted by Crippen LogP contribution is -2.40. The van der Waals surface area contributed by atoms with Gasteiger partial charge in [0.15, 0.2) is 0 Å². The van der Waals surface area contributed by atoms with Gasteiger partial charge in [-0.1, -0.05) is 12.2 Å². The Hall–Kier alpha value is -2.96. The predicted octanol–water partition coefficient (Wildman–Crippen LogP) is 1.72. The van der Waals surface area contributed by atoms with Crippen molar-refractivity contribution in [3.8, 4) is 5.69 Å². The first-order valence-corrected chi connectivity index (χ1v) is 7.13. The second kappa shape index (κ2) is 7.35. The fourth-order valence-corrected chi connectivity index (χ4v) is 2.12. The summed E-state index contributed by atoms with van der Waals surface area (Å²) < 4.78 is 1.58. The SMILES string of the molecule is C/C=C/CC(NC(=O)c1ccc(-n2cncn2)cc1C)C(=O)O. The quantitative estimate of drug-likeness (QED) is 0.791. The van der Waals surface area contributed by atoms with Gasteiger partial charge in [-0.15, -0.1) is 0 Å². The Morgan fingerprint density at radius 1 is 1.43 bits per heavy atom. The average Bonchev–Trinajstić information content (AvgIpc) is 3.05. The molecule has 7 heteroatoms. The van der Waals surface area contributed by atoms with E-state index in [0.29, 0.717) is 5.56 Å². The van der Waals surface area contributed by atoms with Gasteiger partial charge in [-0.2, -0.15) is 5.10 Å². The van der Waals surface area contributed by atoms with Crippen LogP contribution in [0.15, 0.2) is 43.0 Å². The van der Waals surface area contributed by atoms with Crippen LogP contribution in [0.1, 0.15) is 29.3 Å². The number of allylic oxidation sites excluding steroid dienone is 1. The number of rotatable bonds is 6. The third kappa shape index (κ3) is 4.03. The van der Waals surface area contributed by atoms with Crippen LogP contribution in [-0.2, 0) is 4.79 Å². The number of aryl methyl sites for hydroxylation is 1. The zero-order chi connectivity index (χ0) is 16.8. The number of carbonyl (C=O) groups is 2. The predicted molar refractivity (Wildman–Crippen MR) is 84.4 cm³/mol. The van der Waals surface area contributed by atoms with E-state index in [0.717, 1.165) is 11.3 Å². The molecule has 0 aliphatic carbocycles. The van der Waals surface area contributed by atoms with E-state index in [9.17, 15) is 9.59 Å². The molecule has 1 aromatic carbocycles. The van der Waals surface area contributed by atoms with Gasteiger partial charge in [0.05, 0.1) is 5.69 Å². The van der Waals surface area contributed by atoms with E-state index >= 15 is 0 Å². The number of nitrogens with one attached hydrogen (secondary N) is 1. The Bertz CT molecular complexity index is 723. The van der Waals surface area contributed by atoms with Crippen LogP contribution in [0.3, 0.4) is 0 Å². The van der Waals surface area contributed by atoms with Crippen LogP contribution in [0.4, 0.5) is 0 Å². The van der Waals surface area contributed by atoms with Crippen molar-refractivity contribution in [1.82, 2.24) is 20.1 Å². The van der Waals surface area contributed by atoms with Crippen molar-refractivity contribution in [2.75, 3.05) is 0 Å². The topological polar surface area (TPSA) is 97.1 Å². The zero-order valence-corrected chi connectivity index (χ0v) is 12.9. The summed E-state index contributed by atoms with van der Waals surface area (Å²) in [5, 5.41) is 15.7. The third-order valence-electron chi connectivity index (χ3n) is 3.35. The number of hydrogen-bond acceptors (Lipinski definition) is 4. The Labute approximate surface area is 133 Å². The molecule has 0 saturated carbocycles. The first-order chi connectivity index (χ1) is 11.0. The number of carboxylic acid groups (broad SMARTS) is 1. The maximum Gasteiger partial charge on any atom is 0.326 e. The highest BCUT2D eigenvalue weighted by molar-refractivity contribution is 5.98. The first-order valence-electron chi connectivity index (χ1n) is 7.13. The summed E-state index contributed by atoms with van der Waals surface area (Å²) in [7, 11) is 0. The molecular weight excluding hydrogens is 296 g/mol. The van der Waals surface area contributed by atoms with Crippen LogP contribution < -0.4 is 5.32 Å². The van der Waals surface area contributed by atoms with E-state index in [4.69, 9.17) is 5.11 Å². The number of aromatic nitrogens is 3. The third-order valence-corrected chi connectivity index (χ3v) is 3.35. The van der Waals surface area contributed by atoms with Gasteiger partial charge in [0.1, 0.15) is 18.7 Å². The highest BCUT2D eigenvalue weighted by Gasteiger charge is 2.20. The molecule has 2 rings (SSSR count). The van der Waals surface area contributed by atoms with E-state index in [-0.39, 0.29) is 6.42 Å². The number of aliphatic carboxylic acids is 1. The van der Waals surface area contributed by atoms with Crippen molar-refractivity contribution < 1.29 is 14.7 Å². The molecule has 120 valence electrons. The Kier molecular flexibility index (Phi) is 5.24. The largest absolute Gasteiger partial charge is 0.480 e. The zero-order valence-electron chi connectivity index (χ0n) is 12.9. The first kappa shape index (κ1) is 16.4. The molecule has 0 radical (unpaired) electrons.